The minimum absolute atomic E-state index is 0.553. The third kappa shape index (κ3) is 3.21. The molecule has 0 aromatic heterocycles. The van der Waals surface area contributed by atoms with Crippen LogP contribution in [0.1, 0.15) is 18.4 Å². The zero-order valence-corrected chi connectivity index (χ0v) is 11.7. The van der Waals surface area contributed by atoms with Gasteiger partial charge in [-0.05, 0) is 43.5 Å². The fourth-order valence-electron chi connectivity index (χ4n) is 2.40. The summed E-state index contributed by atoms with van der Waals surface area (Å²) in [5, 5.41) is 0. The quantitative estimate of drug-likeness (QED) is 0.872. The van der Waals surface area contributed by atoms with E-state index in [-0.39, 0.29) is 0 Å². The summed E-state index contributed by atoms with van der Waals surface area (Å²) >= 11 is 3.54. The Hall–Kier alpha value is -0.580. The van der Waals surface area contributed by atoms with Crippen molar-refractivity contribution in [1.29, 1.82) is 0 Å². The number of nitrogens with two attached hydrogens (primary N) is 1. The summed E-state index contributed by atoms with van der Waals surface area (Å²) in [6, 6.07) is 6.52. The maximum atomic E-state index is 5.16. The Morgan fingerprint density at radius 3 is 3.06 bits per heavy atom. The second kappa shape index (κ2) is 5.85. The molecule has 1 aliphatic heterocycles. The maximum Gasteiger partial charge on any atom is 0.0724 e. The first kappa shape index (κ1) is 12.9. The number of anilines is 1. The van der Waals surface area contributed by atoms with Crippen LogP contribution in [0.2, 0.25) is 0 Å². The fourth-order valence-corrected chi connectivity index (χ4v) is 2.64. The van der Waals surface area contributed by atoms with Gasteiger partial charge in [0.25, 0.3) is 0 Å². The van der Waals surface area contributed by atoms with Gasteiger partial charge in [-0.2, -0.15) is 0 Å². The molecule has 4 heteroatoms. The highest BCUT2D eigenvalue weighted by molar-refractivity contribution is 9.10. The van der Waals surface area contributed by atoms with Crippen molar-refractivity contribution in [3.8, 4) is 0 Å². The molecule has 1 aliphatic rings. The standard InChI is InChI=1S/C13H19BrN2O/c1-10-7-12(4-5-13(10)14)16-6-2-3-11(8-16)9-17-15/h4-5,7,11H,2-3,6,8-9,15H2,1H3. The van der Waals surface area contributed by atoms with Crippen LogP contribution < -0.4 is 10.8 Å². The van der Waals surface area contributed by atoms with Crippen LogP contribution in [0.5, 0.6) is 0 Å². The summed E-state index contributed by atoms with van der Waals surface area (Å²) in [5.41, 5.74) is 2.58. The van der Waals surface area contributed by atoms with Crippen molar-refractivity contribution in [3.63, 3.8) is 0 Å². The van der Waals surface area contributed by atoms with E-state index in [0.29, 0.717) is 12.5 Å². The molecule has 2 N–H and O–H groups in total. The molecule has 0 aliphatic carbocycles. The molecule has 1 saturated heterocycles. The van der Waals surface area contributed by atoms with Gasteiger partial charge in [-0.3, -0.25) is 0 Å². The number of hydrogen-bond donors (Lipinski definition) is 1. The predicted molar refractivity (Wildman–Crippen MR) is 74.0 cm³/mol. The number of hydrogen-bond acceptors (Lipinski definition) is 3. The van der Waals surface area contributed by atoms with Crippen LogP contribution in [0.3, 0.4) is 0 Å². The van der Waals surface area contributed by atoms with Crippen molar-refractivity contribution < 1.29 is 4.84 Å². The SMILES string of the molecule is Cc1cc(N2CCCC(CON)C2)ccc1Br. The molecule has 0 spiro atoms. The molecule has 1 atom stereocenters. The van der Waals surface area contributed by atoms with Gasteiger partial charge >= 0.3 is 0 Å². The summed E-state index contributed by atoms with van der Waals surface area (Å²) in [6.45, 7) is 4.95. The summed E-state index contributed by atoms with van der Waals surface area (Å²) in [4.78, 5) is 7.20. The molecule has 94 valence electrons. The van der Waals surface area contributed by atoms with Crippen LogP contribution in [0.15, 0.2) is 22.7 Å². The first-order chi connectivity index (χ1) is 8.20. The number of nitrogens with zero attached hydrogens (tertiary/aromatic N) is 1. The van der Waals surface area contributed by atoms with Crippen LogP contribution in [0.4, 0.5) is 5.69 Å². The van der Waals surface area contributed by atoms with Gasteiger partial charge in [0.15, 0.2) is 0 Å². The van der Waals surface area contributed by atoms with Crippen LogP contribution in [0, 0.1) is 12.8 Å². The molecular formula is C13H19BrN2O. The van der Waals surface area contributed by atoms with Crippen molar-refractivity contribution in [2.24, 2.45) is 11.8 Å². The third-order valence-corrected chi connectivity index (χ3v) is 4.25. The van der Waals surface area contributed by atoms with Gasteiger partial charge in [0, 0.05) is 29.2 Å². The molecule has 0 radical (unpaired) electrons. The molecule has 0 saturated carbocycles. The lowest BCUT2D eigenvalue weighted by atomic mass is 9.98. The van der Waals surface area contributed by atoms with Crippen LogP contribution in [-0.2, 0) is 4.84 Å². The first-order valence-corrected chi connectivity index (χ1v) is 6.83. The summed E-state index contributed by atoms with van der Waals surface area (Å²) < 4.78 is 1.17. The number of benzene rings is 1. The minimum Gasteiger partial charge on any atom is -0.371 e. The van der Waals surface area contributed by atoms with E-state index in [1.54, 1.807) is 0 Å². The molecule has 1 heterocycles. The molecule has 1 aromatic rings. The second-order valence-electron chi connectivity index (χ2n) is 4.72. The summed E-state index contributed by atoms with van der Waals surface area (Å²) in [7, 11) is 0. The normalized spacial score (nSPS) is 20.6. The van der Waals surface area contributed by atoms with Gasteiger partial charge in [-0.15, -0.1) is 0 Å². The van der Waals surface area contributed by atoms with Gasteiger partial charge < -0.3 is 9.74 Å². The highest BCUT2D eigenvalue weighted by atomic mass is 79.9. The summed E-state index contributed by atoms with van der Waals surface area (Å²) in [5.74, 6) is 5.72. The van der Waals surface area contributed by atoms with Crippen LogP contribution in [-0.4, -0.2) is 19.7 Å². The Morgan fingerprint density at radius 2 is 2.35 bits per heavy atom. The maximum absolute atomic E-state index is 5.16. The lowest BCUT2D eigenvalue weighted by Crippen LogP contribution is -2.37. The van der Waals surface area contributed by atoms with E-state index in [9.17, 15) is 0 Å². The van der Waals surface area contributed by atoms with Gasteiger partial charge in [-0.25, -0.2) is 5.90 Å². The Kier molecular flexibility index (Phi) is 4.42. The molecule has 1 unspecified atom stereocenters. The Morgan fingerprint density at radius 1 is 1.53 bits per heavy atom. The molecule has 3 nitrogen and oxygen atoms in total. The topological polar surface area (TPSA) is 38.5 Å². The van der Waals surface area contributed by atoms with E-state index in [1.807, 2.05) is 0 Å². The predicted octanol–water partition coefficient (Wildman–Crippen LogP) is 2.86. The zero-order valence-electron chi connectivity index (χ0n) is 10.2. The van der Waals surface area contributed by atoms with Crippen LogP contribution in [0.25, 0.3) is 0 Å². The summed E-state index contributed by atoms with van der Waals surface area (Å²) in [6.07, 6.45) is 2.42. The lowest BCUT2D eigenvalue weighted by molar-refractivity contribution is 0.0951. The molecule has 0 bridgehead atoms. The number of rotatable bonds is 3. The monoisotopic (exact) mass is 298 g/mol. The van der Waals surface area contributed by atoms with Crippen molar-refractivity contribution in [1.82, 2.24) is 0 Å². The van der Waals surface area contributed by atoms with Crippen molar-refractivity contribution >= 4 is 21.6 Å². The number of piperidine rings is 1. The Balaban J connectivity index is 2.08. The third-order valence-electron chi connectivity index (χ3n) is 3.36. The van der Waals surface area contributed by atoms with Gasteiger partial charge in [-0.1, -0.05) is 15.9 Å². The van der Waals surface area contributed by atoms with E-state index < -0.39 is 0 Å². The second-order valence-corrected chi connectivity index (χ2v) is 5.58. The minimum atomic E-state index is 0.553. The largest absolute Gasteiger partial charge is 0.371 e. The lowest BCUT2D eigenvalue weighted by Gasteiger charge is -2.34. The average molecular weight is 299 g/mol. The molecule has 17 heavy (non-hydrogen) atoms. The van der Waals surface area contributed by atoms with E-state index in [0.717, 1.165) is 13.1 Å². The first-order valence-electron chi connectivity index (χ1n) is 6.03. The average Bonchev–Trinajstić information content (AvgIpc) is 2.33. The molecule has 1 fully saturated rings. The van der Waals surface area contributed by atoms with E-state index >= 15 is 0 Å². The Bertz CT molecular complexity index is 382. The van der Waals surface area contributed by atoms with Gasteiger partial charge in [0.1, 0.15) is 0 Å². The number of aryl methyl sites for hydroxylation is 1. The number of halogens is 1. The molecular weight excluding hydrogens is 280 g/mol. The highest BCUT2D eigenvalue weighted by Gasteiger charge is 2.20. The molecule has 1 aromatic carbocycles. The Labute approximate surface area is 111 Å². The smallest absolute Gasteiger partial charge is 0.0724 e. The van der Waals surface area contributed by atoms with Crippen LogP contribution >= 0.6 is 15.9 Å². The van der Waals surface area contributed by atoms with E-state index in [2.05, 4.69) is 46.0 Å². The molecule has 0 amide bonds. The fraction of sp³-hybridized carbons (Fsp3) is 0.538. The van der Waals surface area contributed by atoms with E-state index in [1.165, 1.54) is 28.6 Å². The van der Waals surface area contributed by atoms with Crippen molar-refractivity contribution in [3.05, 3.63) is 28.2 Å². The zero-order chi connectivity index (χ0) is 12.3. The van der Waals surface area contributed by atoms with E-state index in [4.69, 9.17) is 10.7 Å². The van der Waals surface area contributed by atoms with Crippen molar-refractivity contribution in [2.75, 3.05) is 24.6 Å². The van der Waals surface area contributed by atoms with Gasteiger partial charge in [0.05, 0.1) is 6.61 Å². The highest BCUT2D eigenvalue weighted by Crippen LogP contribution is 2.27. The van der Waals surface area contributed by atoms with Gasteiger partial charge in [0.2, 0.25) is 0 Å². The van der Waals surface area contributed by atoms with Crippen molar-refractivity contribution in [2.45, 2.75) is 19.8 Å². The molecule has 2 rings (SSSR count).